The van der Waals surface area contributed by atoms with E-state index in [1.165, 1.54) is 0 Å². The number of hydrogen-bond donors (Lipinski definition) is 2. The highest BCUT2D eigenvalue weighted by atomic mass is 32.2. The Balaban J connectivity index is 2.82. The molecule has 0 saturated carbocycles. The van der Waals surface area contributed by atoms with Gasteiger partial charge >= 0.3 is 0 Å². The largest absolute Gasteiger partial charge is 0.530 e. The number of carbonyl (C=O) groups is 1. The maximum Gasteiger partial charge on any atom is 0.134 e. The molecule has 0 saturated heterocycles. The van der Waals surface area contributed by atoms with Gasteiger partial charge in [-0.25, -0.2) is 0 Å². The maximum absolute atomic E-state index is 9.47. The van der Waals surface area contributed by atoms with Crippen LogP contribution in [-0.2, 0) is 0 Å². The SMILES string of the molecule is NSCNC(=O)[O-]. The summed E-state index contributed by atoms with van der Waals surface area (Å²) in [6.07, 6.45) is -1.29. The van der Waals surface area contributed by atoms with E-state index in [4.69, 9.17) is 5.14 Å². The number of rotatable bonds is 2. The van der Waals surface area contributed by atoms with E-state index in [9.17, 15) is 9.90 Å². The third-order valence-electron chi connectivity index (χ3n) is 0.300. The zero-order valence-corrected chi connectivity index (χ0v) is 4.33. The Morgan fingerprint density at radius 1 is 2.00 bits per heavy atom. The number of carboxylic acid groups (broad SMARTS) is 1. The van der Waals surface area contributed by atoms with Crippen LogP contribution in [0.2, 0.25) is 0 Å². The molecule has 0 aliphatic carbocycles. The van der Waals surface area contributed by atoms with Crippen LogP contribution in [0.5, 0.6) is 0 Å². The Bertz CT molecular complexity index is 66.7. The lowest BCUT2D eigenvalue weighted by molar-refractivity contribution is -0.250. The van der Waals surface area contributed by atoms with E-state index >= 15 is 0 Å². The van der Waals surface area contributed by atoms with Crippen molar-refractivity contribution in [1.82, 2.24) is 5.32 Å². The highest BCUT2D eigenvalue weighted by Gasteiger charge is 1.76. The Kier molecular flexibility index (Phi) is 3.53. The summed E-state index contributed by atoms with van der Waals surface area (Å²) < 4.78 is 0. The number of hydrogen-bond acceptors (Lipinski definition) is 4. The topological polar surface area (TPSA) is 78.2 Å². The number of amides is 1. The molecule has 0 bridgehead atoms. The molecule has 0 aromatic carbocycles. The molecule has 0 aliphatic rings. The first-order chi connectivity index (χ1) is 3.27. The summed E-state index contributed by atoms with van der Waals surface area (Å²) in [6, 6.07) is 0. The maximum atomic E-state index is 9.47. The van der Waals surface area contributed by atoms with Crippen LogP contribution in [0.25, 0.3) is 0 Å². The van der Waals surface area contributed by atoms with Crippen molar-refractivity contribution in [2.45, 2.75) is 0 Å². The Morgan fingerprint density at radius 3 is 2.71 bits per heavy atom. The van der Waals surface area contributed by atoms with Gasteiger partial charge in [-0.1, -0.05) is 11.9 Å². The molecule has 0 unspecified atom stereocenters. The van der Waals surface area contributed by atoms with Crippen LogP contribution in [0.15, 0.2) is 0 Å². The molecule has 7 heavy (non-hydrogen) atoms. The molecule has 0 rings (SSSR count). The van der Waals surface area contributed by atoms with Gasteiger partial charge in [-0.05, 0) is 0 Å². The lowest BCUT2D eigenvalue weighted by Gasteiger charge is -2.00. The predicted octanol–water partition coefficient (Wildman–Crippen LogP) is -1.52. The van der Waals surface area contributed by atoms with Crippen molar-refractivity contribution >= 4 is 18.0 Å². The van der Waals surface area contributed by atoms with Gasteiger partial charge in [0.05, 0.1) is 5.88 Å². The molecule has 0 aromatic heterocycles. The quantitative estimate of drug-likeness (QED) is 0.343. The third-order valence-corrected chi connectivity index (χ3v) is 0.611. The average Bonchev–Trinajstić information content (AvgIpc) is 1.61. The van der Waals surface area contributed by atoms with Gasteiger partial charge in [0.2, 0.25) is 0 Å². The van der Waals surface area contributed by atoms with Crippen LogP contribution < -0.4 is 15.6 Å². The van der Waals surface area contributed by atoms with E-state index in [0.29, 0.717) is 0 Å². The van der Waals surface area contributed by atoms with Crippen LogP contribution in [0.3, 0.4) is 0 Å². The van der Waals surface area contributed by atoms with Crippen molar-refractivity contribution in [1.29, 1.82) is 0 Å². The second-order valence-corrected chi connectivity index (χ2v) is 1.40. The van der Waals surface area contributed by atoms with E-state index in [0.717, 1.165) is 11.9 Å². The number of carbonyl (C=O) groups excluding carboxylic acids is 1. The zero-order valence-electron chi connectivity index (χ0n) is 3.51. The minimum absolute atomic E-state index is 0.183. The van der Waals surface area contributed by atoms with Crippen LogP contribution in [0, 0.1) is 0 Å². The Hall–Kier alpha value is -0.420. The van der Waals surface area contributed by atoms with Gasteiger partial charge in [0.25, 0.3) is 0 Å². The monoisotopic (exact) mass is 121 g/mol. The molecule has 0 radical (unpaired) electrons. The molecule has 0 aliphatic heterocycles. The molecule has 42 valence electrons. The van der Waals surface area contributed by atoms with E-state index in [-0.39, 0.29) is 5.88 Å². The molecule has 5 heteroatoms. The summed E-state index contributed by atoms with van der Waals surface area (Å²) >= 11 is 0.898. The third kappa shape index (κ3) is 5.58. The normalized spacial score (nSPS) is 8.14. The lowest BCUT2D eigenvalue weighted by Crippen LogP contribution is -2.36. The summed E-state index contributed by atoms with van der Waals surface area (Å²) in [7, 11) is 0. The van der Waals surface area contributed by atoms with E-state index in [1.807, 2.05) is 5.32 Å². The predicted molar refractivity (Wildman–Crippen MR) is 25.2 cm³/mol. The Labute approximate surface area is 45.2 Å². The second-order valence-electron chi connectivity index (χ2n) is 0.775. The van der Waals surface area contributed by atoms with Gasteiger partial charge in [-0.3, -0.25) is 5.14 Å². The van der Waals surface area contributed by atoms with Crippen LogP contribution >= 0.6 is 11.9 Å². The molecular formula is C2H5N2O2S-. The molecule has 0 heterocycles. The lowest BCUT2D eigenvalue weighted by atomic mass is 11.1. The standard InChI is InChI=1S/C2H6N2O2S/c3-7-1-4-2(5)6/h4H,1,3H2,(H,5,6)/p-1. The average molecular weight is 121 g/mol. The molecule has 0 aromatic rings. The fourth-order valence-corrected chi connectivity index (χ4v) is 0.302. The van der Waals surface area contributed by atoms with Crippen LogP contribution in [-0.4, -0.2) is 12.0 Å². The first-order valence-corrected chi connectivity index (χ1v) is 2.58. The first kappa shape index (κ1) is 6.58. The number of nitrogens with one attached hydrogen (secondary N) is 1. The molecule has 0 atom stereocenters. The van der Waals surface area contributed by atoms with Crippen LogP contribution in [0.4, 0.5) is 4.79 Å². The van der Waals surface area contributed by atoms with Crippen molar-refractivity contribution in [3.8, 4) is 0 Å². The molecule has 0 spiro atoms. The van der Waals surface area contributed by atoms with Crippen molar-refractivity contribution in [3.05, 3.63) is 0 Å². The summed E-state index contributed by atoms with van der Waals surface area (Å²) in [5, 5.41) is 16.2. The Morgan fingerprint density at radius 2 is 2.57 bits per heavy atom. The van der Waals surface area contributed by atoms with Crippen LogP contribution in [0.1, 0.15) is 0 Å². The van der Waals surface area contributed by atoms with Crippen molar-refractivity contribution < 1.29 is 9.90 Å². The van der Waals surface area contributed by atoms with E-state index in [1.54, 1.807) is 0 Å². The summed E-state index contributed by atoms with van der Waals surface area (Å²) in [4.78, 5) is 9.47. The zero-order chi connectivity index (χ0) is 5.70. The first-order valence-electron chi connectivity index (χ1n) is 1.54. The summed E-state index contributed by atoms with van der Waals surface area (Å²) in [5.74, 6) is 0.183. The van der Waals surface area contributed by atoms with Gasteiger partial charge in [0.15, 0.2) is 0 Å². The number of nitrogens with two attached hydrogens (primary N) is 1. The molecule has 1 amide bonds. The second kappa shape index (κ2) is 3.76. The van der Waals surface area contributed by atoms with Gasteiger partial charge < -0.3 is 15.2 Å². The van der Waals surface area contributed by atoms with Gasteiger partial charge in [0.1, 0.15) is 6.09 Å². The van der Waals surface area contributed by atoms with Gasteiger partial charge in [0, 0.05) is 0 Å². The van der Waals surface area contributed by atoms with Gasteiger partial charge in [-0.2, -0.15) is 0 Å². The minimum Gasteiger partial charge on any atom is -0.530 e. The highest BCUT2D eigenvalue weighted by molar-refractivity contribution is 7.97. The van der Waals surface area contributed by atoms with Crippen molar-refractivity contribution in [2.75, 3.05) is 5.88 Å². The minimum atomic E-state index is -1.29. The highest BCUT2D eigenvalue weighted by Crippen LogP contribution is 1.75. The summed E-state index contributed by atoms with van der Waals surface area (Å²) in [5.41, 5.74) is 0. The molecule has 4 nitrogen and oxygen atoms in total. The van der Waals surface area contributed by atoms with Gasteiger partial charge in [-0.15, -0.1) is 0 Å². The smallest absolute Gasteiger partial charge is 0.134 e. The van der Waals surface area contributed by atoms with E-state index in [2.05, 4.69) is 0 Å². The summed E-state index contributed by atoms with van der Waals surface area (Å²) in [6.45, 7) is 0. The molecular weight excluding hydrogens is 116 g/mol. The molecule has 3 N–H and O–H groups in total. The van der Waals surface area contributed by atoms with E-state index < -0.39 is 6.09 Å². The molecule has 0 fully saturated rings. The fourth-order valence-electron chi connectivity index (χ4n) is 0.101. The van der Waals surface area contributed by atoms with Crippen molar-refractivity contribution in [2.24, 2.45) is 5.14 Å². The fraction of sp³-hybridized carbons (Fsp3) is 0.500. The van der Waals surface area contributed by atoms with Crippen molar-refractivity contribution in [3.63, 3.8) is 0 Å².